The van der Waals surface area contributed by atoms with Crippen LogP contribution in [-0.4, -0.2) is 32.8 Å². The number of ether oxygens (including phenoxy) is 1. The van der Waals surface area contributed by atoms with E-state index in [1.807, 2.05) is 0 Å². The van der Waals surface area contributed by atoms with E-state index in [2.05, 4.69) is 4.72 Å². The van der Waals surface area contributed by atoms with Crippen molar-refractivity contribution in [3.63, 3.8) is 0 Å². The van der Waals surface area contributed by atoms with Gasteiger partial charge >= 0.3 is 0 Å². The Bertz CT molecular complexity index is 621. The number of hydrogen-bond donors (Lipinski definition) is 2. The Balaban J connectivity index is 2.24. The van der Waals surface area contributed by atoms with Crippen LogP contribution in [0.5, 0.6) is 0 Å². The Morgan fingerprint density at radius 1 is 1.38 bits per heavy atom. The monoisotopic (exact) mass is 321 g/mol. The third-order valence-corrected chi connectivity index (χ3v) is 5.18. The Morgan fingerprint density at radius 3 is 2.67 bits per heavy atom. The van der Waals surface area contributed by atoms with E-state index >= 15 is 0 Å². The molecule has 2 N–H and O–H groups in total. The lowest BCUT2D eigenvalue weighted by atomic mass is 10.2. The molecule has 0 aromatic heterocycles. The highest BCUT2D eigenvalue weighted by Gasteiger charge is 2.30. The van der Waals surface area contributed by atoms with E-state index in [0.29, 0.717) is 12.8 Å². The topological polar surface area (TPSA) is 75.6 Å². The number of methoxy groups -OCH3 is 1. The molecule has 0 radical (unpaired) electrons. The zero-order chi connectivity index (χ0) is 15.6. The maximum atomic E-state index is 14.0. The predicted octanol–water partition coefficient (Wildman–Crippen LogP) is 1.30. The van der Waals surface area contributed by atoms with Crippen LogP contribution in [0.1, 0.15) is 24.8 Å². The van der Waals surface area contributed by atoms with E-state index in [4.69, 9.17) is 9.84 Å². The van der Waals surface area contributed by atoms with Gasteiger partial charge in [0, 0.05) is 13.2 Å². The zero-order valence-electron chi connectivity index (χ0n) is 11.5. The second-order valence-electron chi connectivity index (χ2n) is 4.99. The van der Waals surface area contributed by atoms with Crippen molar-refractivity contribution in [2.75, 3.05) is 7.11 Å². The zero-order valence-corrected chi connectivity index (χ0v) is 12.3. The van der Waals surface area contributed by atoms with Gasteiger partial charge in [-0.1, -0.05) is 0 Å². The van der Waals surface area contributed by atoms with Crippen molar-refractivity contribution < 1.29 is 27.0 Å². The first kappa shape index (κ1) is 16.3. The highest BCUT2D eigenvalue weighted by atomic mass is 32.2. The summed E-state index contributed by atoms with van der Waals surface area (Å²) in [5, 5.41) is 8.93. The lowest BCUT2D eigenvalue weighted by Gasteiger charge is -2.15. The van der Waals surface area contributed by atoms with Crippen LogP contribution in [0.3, 0.4) is 0 Å². The minimum Gasteiger partial charge on any atom is -0.391 e. The van der Waals surface area contributed by atoms with Crippen LogP contribution in [0.25, 0.3) is 0 Å². The van der Waals surface area contributed by atoms with E-state index in [9.17, 15) is 17.2 Å². The summed E-state index contributed by atoms with van der Waals surface area (Å²) < 4.78 is 59.2. The molecule has 0 bridgehead atoms. The summed E-state index contributed by atoms with van der Waals surface area (Å²) in [5.41, 5.74) is -0.654. The first-order valence-corrected chi connectivity index (χ1v) is 8.00. The second kappa shape index (κ2) is 6.35. The highest BCUT2D eigenvalue weighted by molar-refractivity contribution is 7.89. The van der Waals surface area contributed by atoms with Crippen molar-refractivity contribution >= 4 is 10.0 Å². The summed E-state index contributed by atoms with van der Waals surface area (Å²) in [6, 6.07) is 1.34. The maximum Gasteiger partial charge on any atom is 0.243 e. The van der Waals surface area contributed by atoms with Gasteiger partial charge in [0.1, 0.15) is 10.7 Å². The number of hydrogen-bond acceptors (Lipinski definition) is 4. The number of rotatable bonds is 5. The minimum absolute atomic E-state index is 0.0243. The maximum absolute atomic E-state index is 14.0. The molecule has 8 heteroatoms. The van der Waals surface area contributed by atoms with Gasteiger partial charge in [-0.15, -0.1) is 0 Å². The number of nitrogens with one attached hydrogen (secondary N) is 1. The van der Waals surface area contributed by atoms with Gasteiger partial charge in [0.2, 0.25) is 10.0 Å². The van der Waals surface area contributed by atoms with Crippen molar-refractivity contribution in [3.05, 3.63) is 29.3 Å². The quantitative estimate of drug-likeness (QED) is 0.857. The SMILES string of the molecule is COC1CCC(NS(=O)(=O)c2ccc(F)c(CO)c2F)C1. The molecule has 1 aromatic carbocycles. The standard InChI is InChI=1S/C13H17F2NO4S/c1-20-9-3-2-8(6-9)16-21(18,19)12-5-4-11(14)10(7-17)13(12)15/h4-5,8-9,16-17H,2-3,6-7H2,1H3. The number of benzene rings is 1. The van der Waals surface area contributed by atoms with Crippen LogP contribution >= 0.6 is 0 Å². The molecule has 0 aliphatic heterocycles. The van der Waals surface area contributed by atoms with E-state index in [-0.39, 0.29) is 12.1 Å². The van der Waals surface area contributed by atoms with Crippen LogP contribution in [0.4, 0.5) is 8.78 Å². The fourth-order valence-electron chi connectivity index (χ4n) is 2.47. The predicted molar refractivity (Wildman–Crippen MR) is 71.0 cm³/mol. The first-order valence-electron chi connectivity index (χ1n) is 6.52. The van der Waals surface area contributed by atoms with Crippen molar-refractivity contribution in [1.29, 1.82) is 0 Å². The molecule has 21 heavy (non-hydrogen) atoms. The number of aliphatic hydroxyl groups is 1. The third-order valence-electron chi connectivity index (χ3n) is 3.64. The molecular weight excluding hydrogens is 304 g/mol. The van der Waals surface area contributed by atoms with Crippen LogP contribution in [0.15, 0.2) is 17.0 Å². The molecule has 5 nitrogen and oxygen atoms in total. The smallest absolute Gasteiger partial charge is 0.243 e. The molecule has 0 saturated heterocycles. The lowest BCUT2D eigenvalue weighted by molar-refractivity contribution is 0.107. The third kappa shape index (κ3) is 3.39. The van der Waals surface area contributed by atoms with Crippen molar-refractivity contribution in [2.45, 2.75) is 42.9 Å². The molecule has 1 aromatic rings. The van der Waals surface area contributed by atoms with Crippen LogP contribution in [0.2, 0.25) is 0 Å². The first-order chi connectivity index (χ1) is 9.89. The fraction of sp³-hybridized carbons (Fsp3) is 0.538. The van der Waals surface area contributed by atoms with E-state index in [1.165, 1.54) is 0 Å². The molecule has 0 heterocycles. The fourth-order valence-corrected chi connectivity index (χ4v) is 3.86. The van der Waals surface area contributed by atoms with Gasteiger partial charge < -0.3 is 9.84 Å². The Hall–Kier alpha value is -1.09. The molecule has 118 valence electrons. The summed E-state index contributed by atoms with van der Waals surface area (Å²) in [5.74, 6) is -2.24. The molecular formula is C13H17F2NO4S. The Kier molecular flexibility index (Phi) is 4.92. The molecule has 1 aliphatic carbocycles. The Labute approximate surface area is 122 Å². The summed E-state index contributed by atoms with van der Waals surface area (Å²) in [4.78, 5) is -0.659. The summed E-state index contributed by atoms with van der Waals surface area (Å²) >= 11 is 0. The number of aliphatic hydroxyl groups excluding tert-OH is 1. The van der Waals surface area contributed by atoms with Gasteiger partial charge in [-0.25, -0.2) is 21.9 Å². The van der Waals surface area contributed by atoms with Crippen molar-refractivity contribution in [2.24, 2.45) is 0 Å². The van der Waals surface area contributed by atoms with Gasteiger partial charge in [-0.05, 0) is 31.4 Å². The number of sulfonamides is 1. The van der Waals surface area contributed by atoms with E-state index in [1.54, 1.807) is 7.11 Å². The summed E-state index contributed by atoms with van der Waals surface area (Å²) in [7, 11) is -2.56. The molecule has 1 fully saturated rings. The largest absolute Gasteiger partial charge is 0.391 e. The van der Waals surface area contributed by atoms with Crippen molar-refractivity contribution in [1.82, 2.24) is 4.72 Å². The molecule has 2 rings (SSSR count). The molecule has 0 amide bonds. The van der Waals surface area contributed by atoms with Gasteiger partial charge in [0.15, 0.2) is 5.82 Å². The molecule has 1 saturated carbocycles. The average molecular weight is 321 g/mol. The molecule has 1 aliphatic rings. The van der Waals surface area contributed by atoms with E-state index < -0.39 is 38.7 Å². The van der Waals surface area contributed by atoms with Gasteiger partial charge in [0.25, 0.3) is 0 Å². The highest BCUT2D eigenvalue weighted by Crippen LogP contribution is 2.25. The lowest BCUT2D eigenvalue weighted by Crippen LogP contribution is -2.34. The van der Waals surface area contributed by atoms with Crippen LogP contribution in [-0.2, 0) is 21.4 Å². The molecule has 2 atom stereocenters. The van der Waals surface area contributed by atoms with Gasteiger partial charge in [-0.2, -0.15) is 0 Å². The van der Waals surface area contributed by atoms with Gasteiger partial charge in [0.05, 0.1) is 18.3 Å². The second-order valence-corrected chi connectivity index (χ2v) is 6.67. The van der Waals surface area contributed by atoms with E-state index in [0.717, 1.165) is 18.6 Å². The number of halogens is 2. The summed E-state index contributed by atoms with van der Waals surface area (Å²) in [6.45, 7) is -0.907. The normalized spacial score (nSPS) is 22.7. The molecule has 0 spiro atoms. The average Bonchev–Trinajstić information content (AvgIpc) is 2.85. The van der Waals surface area contributed by atoms with Crippen LogP contribution < -0.4 is 4.72 Å². The summed E-state index contributed by atoms with van der Waals surface area (Å²) in [6.07, 6.45) is 1.79. The van der Waals surface area contributed by atoms with Crippen molar-refractivity contribution in [3.8, 4) is 0 Å². The Morgan fingerprint density at radius 2 is 2.10 bits per heavy atom. The van der Waals surface area contributed by atoms with Gasteiger partial charge in [-0.3, -0.25) is 0 Å². The van der Waals surface area contributed by atoms with Crippen LogP contribution in [0, 0.1) is 11.6 Å². The minimum atomic E-state index is -4.11. The molecule has 2 unspecified atom stereocenters.